The highest BCUT2D eigenvalue weighted by atomic mass is 35.5. The predicted octanol–water partition coefficient (Wildman–Crippen LogP) is 7.17. The minimum absolute atomic E-state index is 0.128. The van der Waals surface area contributed by atoms with Crippen LogP contribution in [0.15, 0.2) is 59.3 Å². The Bertz CT molecular complexity index is 1180. The van der Waals surface area contributed by atoms with Crippen LogP contribution >= 0.6 is 34.8 Å². The molecule has 0 bridgehead atoms. The molecule has 0 saturated carbocycles. The monoisotopic (exact) mass is 457 g/mol. The van der Waals surface area contributed by atoms with Crippen LogP contribution < -0.4 is 0 Å². The third-order valence-electron chi connectivity index (χ3n) is 4.09. The Hall–Kier alpha value is -2.48. The minimum atomic E-state index is -4.72. The summed E-state index contributed by atoms with van der Waals surface area (Å²) in [6.45, 7) is 0. The molecule has 0 spiro atoms. The summed E-state index contributed by atoms with van der Waals surface area (Å²) < 4.78 is 47.6. The van der Waals surface area contributed by atoms with Gasteiger partial charge in [-0.1, -0.05) is 52.1 Å². The van der Waals surface area contributed by atoms with Gasteiger partial charge in [-0.15, -0.1) is 0 Å². The van der Waals surface area contributed by atoms with Gasteiger partial charge in [0.1, 0.15) is 5.69 Å². The van der Waals surface area contributed by atoms with Crippen molar-refractivity contribution in [2.45, 2.75) is 6.18 Å². The van der Waals surface area contributed by atoms with Crippen molar-refractivity contribution in [3.63, 3.8) is 0 Å². The summed E-state index contributed by atoms with van der Waals surface area (Å²) in [5, 5.41) is 8.59. The zero-order valence-corrected chi connectivity index (χ0v) is 16.5. The van der Waals surface area contributed by atoms with Gasteiger partial charge in [0, 0.05) is 16.7 Å². The first kappa shape index (κ1) is 19.8. The number of aromatic nitrogens is 3. The highest BCUT2D eigenvalue weighted by molar-refractivity contribution is 6.39. The Morgan fingerprint density at radius 1 is 0.931 bits per heavy atom. The van der Waals surface area contributed by atoms with E-state index < -0.39 is 11.9 Å². The Balaban J connectivity index is 1.86. The maximum Gasteiger partial charge on any atom is 0.434 e. The maximum absolute atomic E-state index is 13.9. The normalized spacial score (nSPS) is 11.8. The van der Waals surface area contributed by atoms with Gasteiger partial charge in [0.2, 0.25) is 0 Å². The molecule has 0 aliphatic heterocycles. The van der Waals surface area contributed by atoms with E-state index in [1.807, 2.05) is 0 Å². The molecule has 0 fully saturated rings. The second-order valence-electron chi connectivity index (χ2n) is 5.97. The molecular formula is C19H9Cl3F3N3O. The van der Waals surface area contributed by atoms with E-state index >= 15 is 0 Å². The number of rotatable bonds is 3. The Labute approximate surface area is 177 Å². The van der Waals surface area contributed by atoms with Crippen molar-refractivity contribution in [3.05, 3.63) is 75.5 Å². The number of hydrogen-bond donors (Lipinski definition) is 0. The van der Waals surface area contributed by atoms with Gasteiger partial charge < -0.3 is 4.52 Å². The van der Waals surface area contributed by atoms with Crippen molar-refractivity contribution < 1.29 is 17.7 Å². The molecule has 0 atom stereocenters. The van der Waals surface area contributed by atoms with Gasteiger partial charge in [0.05, 0.1) is 27.5 Å². The van der Waals surface area contributed by atoms with Crippen LogP contribution in [0.1, 0.15) is 5.69 Å². The van der Waals surface area contributed by atoms with E-state index in [4.69, 9.17) is 39.3 Å². The standard InChI is InChI=1S/C19H9Cl3F3N3O/c20-10-3-1-4-11(7-10)28-18(19(23,24)25)12(9-26-28)16-8-15(27-29-16)17-13(21)5-2-6-14(17)22/h1-9H. The molecule has 4 nitrogen and oxygen atoms in total. The number of benzene rings is 2. The first-order valence-electron chi connectivity index (χ1n) is 8.08. The summed E-state index contributed by atoms with van der Waals surface area (Å²) in [6.07, 6.45) is -3.66. The van der Waals surface area contributed by atoms with Crippen LogP contribution in [0.5, 0.6) is 0 Å². The molecule has 2 heterocycles. The second kappa shape index (κ2) is 7.40. The molecule has 148 valence electrons. The Kier molecular flexibility index (Phi) is 5.06. The summed E-state index contributed by atoms with van der Waals surface area (Å²) >= 11 is 18.2. The zero-order valence-electron chi connectivity index (χ0n) is 14.2. The van der Waals surface area contributed by atoms with E-state index in [2.05, 4.69) is 10.3 Å². The fourth-order valence-electron chi connectivity index (χ4n) is 2.87. The quantitative estimate of drug-likeness (QED) is 0.327. The molecule has 4 aromatic rings. The lowest BCUT2D eigenvalue weighted by Crippen LogP contribution is -2.14. The Morgan fingerprint density at radius 3 is 2.28 bits per heavy atom. The highest BCUT2D eigenvalue weighted by Crippen LogP contribution is 2.41. The van der Waals surface area contributed by atoms with E-state index in [1.54, 1.807) is 24.3 Å². The average molecular weight is 459 g/mol. The van der Waals surface area contributed by atoms with Gasteiger partial charge in [0.15, 0.2) is 11.5 Å². The van der Waals surface area contributed by atoms with Crippen molar-refractivity contribution in [1.82, 2.24) is 14.9 Å². The van der Waals surface area contributed by atoms with Crippen LogP contribution in [0.2, 0.25) is 15.1 Å². The number of hydrogen-bond acceptors (Lipinski definition) is 3. The second-order valence-corrected chi connectivity index (χ2v) is 7.22. The molecule has 29 heavy (non-hydrogen) atoms. The third kappa shape index (κ3) is 3.73. The van der Waals surface area contributed by atoms with Crippen LogP contribution in [-0.2, 0) is 6.18 Å². The summed E-state index contributed by atoms with van der Waals surface area (Å²) in [7, 11) is 0. The highest BCUT2D eigenvalue weighted by Gasteiger charge is 2.40. The largest absolute Gasteiger partial charge is 0.434 e. The van der Waals surface area contributed by atoms with E-state index in [-0.39, 0.29) is 27.7 Å². The molecule has 0 aliphatic carbocycles. The molecule has 0 amide bonds. The zero-order chi connectivity index (χ0) is 20.8. The molecule has 0 saturated heterocycles. The van der Waals surface area contributed by atoms with Crippen molar-refractivity contribution >= 4 is 34.8 Å². The molecule has 10 heteroatoms. The maximum atomic E-state index is 13.9. The van der Waals surface area contributed by atoms with Crippen molar-refractivity contribution in [2.75, 3.05) is 0 Å². The lowest BCUT2D eigenvalue weighted by atomic mass is 10.1. The molecule has 2 aromatic heterocycles. The first-order chi connectivity index (χ1) is 13.8. The van der Waals surface area contributed by atoms with Crippen LogP contribution in [0.4, 0.5) is 13.2 Å². The van der Waals surface area contributed by atoms with Crippen molar-refractivity contribution in [1.29, 1.82) is 0 Å². The lowest BCUT2D eigenvalue weighted by Gasteiger charge is -2.12. The molecule has 0 unspecified atom stereocenters. The topological polar surface area (TPSA) is 43.9 Å². The van der Waals surface area contributed by atoms with E-state index in [9.17, 15) is 13.2 Å². The molecule has 2 aromatic carbocycles. The van der Waals surface area contributed by atoms with Crippen LogP contribution in [0.3, 0.4) is 0 Å². The third-order valence-corrected chi connectivity index (χ3v) is 4.95. The van der Waals surface area contributed by atoms with Crippen LogP contribution in [0, 0.1) is 0 Å². The molecule has 0 N–H and O–H groups in total. The molecule has 0 aliphatic rings. The van der Waals surface area contributed by atoms with E-state index in [0.29, 0.717) is 15.6 Å². The number of halogens is 6. The molecule has 4 rings (SSSR count). The van der Waals surface area contributed by atoms with Gasteiger partial charge in [-0.3, -0.25) is 0 Å². The molecular weight excluding hydrogens is 450 g/mol. The van der Waals surface area contributed by atoms with Gasteiger partial charge >= 0.3 is 6.18 Å². The van der Waals surface area contributed by atoms with Crippen LogP contribution in [0.25, 0.3) is 28.3 Å². The molecule has 0 radical (unpaired) electrons. The summed E-state index contributed by atoms with van der Waals surface area (Å²) in [5.74, 6) is -0.128. The first-order valence-corrected chi connectivity index (χ1v) is 9.21. The fraction of sp³-hybridized carbons (Fsp3) is 0.0526. The fourth-order valence-corrected chi connectivity index (χ4v) is 3.64. The predicted molar refractivity (Wildman–Crippen MR) is 105 cm³/mol. The van der Waals surface area contributed by atoms with Gasteiger partial charge in [-0.25, -0.2) is 4.68 Å². The summed E-state index contributed by atoms with van der Waals surface area (Å²) in [5.41, 5.74) is -0.571. The summed E-state index contributed by atoms with van der Waals surface area (Å²) in [4.78, 5) is 0. The van der Waals surface area contributed by atoms with Crippen molar-refractivity contribution in [3.8, 4) is 28.3 Å². The van der Waals surface area contributed by atoms with E-state index in [0.717, 1.165) is 10.9 Å². The van der Waals surface area contributed by atoms with Gasteiger partial charge in [-0.05, 0) is 30.3 Å². The average Bonchev–Trinajstić information content (AvgIpc) is 3.28. The minimum Gasteiger partial charge on any atom is -0.356 e. The Morgan fingerprint density at radius 2 is 1.62 bits per heavy atom. The van der Waals surface area contributed by atoms with Gasteiger partial charge in [0.25, 0.3) is 0 Å². The SMILES string of the molecule is FC(F)(F)c1c(-c2cc(-c3c(Cl)cccc3Cl)no2)cnn1-c1cccc(Cl)c1. The smallest absolute Gasteiger partial charge is 0.356 e. The van der Waals surface area contributed by atoms with Gasteiger partial charge in [-0.2, -0.15) is 18.3 Å². The van der Waals surface area contributed by atoms with Crippen LogP contribution in [-0.4, -0.2) is 14.9 Å². The number of nitrogens with zero attached hydrogens (tertiary/aromatic N) is 3. The van der Waals surface area contributed by atoms with E-state index in [1.165, 1.54) is 24.3 Å². The van der Waals surface area contributed by atoms with Crippen molar-refractivity contribution in [2.24, 2.45) is 0 Å². The lowest BCUT2D eigenvalue weighted by molar-refractivity contribution is -0.142. The number of alkyl halides is 3. The summed E-state index contributed by atoms with van der Waals surface area (Å²) in [6, 6.07) is 12.1.